The van der Waals surface area contributed by atoms with Gasteiger partial charge in [-0.1, -0.05) is 0 Å². The van der Waals surface area contributed by atoms with Crippen LogP contribution in [0, 0.1) is 0 Å². The Balaban J connectivity index is 2.04. The Morgan fingerprint density at radius 2 is 2.24 bits per heavy atom. The first kappa shape index (κ1) is 12.9. The Morgan fingerprint density at radius 1 is 1.41 bits per heavy atom. The van der Waals surface area contributed by atoms with E-state index in [1.165, 1.54) is 5.56 Å². The number of carbonyl (C=O) groups excluding carboxylic acids is 1. The Bertz CT molecular complexity index is 525. The van der Waals surface area contributed by atoms with E-state index in [1.54, 1.807) is 17.5 Å². The van der Waals surface area contributed by atoms with Gasteiger partial charge in [-0.3, -0.25) is 9.78 Å². The fourth-order valence-electron chi connectivity index (χ4n) is 1.43. The van der Waals surface area contributed by atoms with Crippen molar-refractivity contribution >= 4 is 49.0 Å². The second-order valence-electron chi connectivity index (χ2n) is 3.54. The van der Waals surface area contributed by atoms with E-state index in [2.05, 4.69) is 42.2 Å². The SMILES string of the molecule is O=C(CCc1ccsc1)c1ncc(Br)cc1Br. The van der Waals surface area contributed by atoms with Crippen molar-refractivity contribution in [3.05, 3.63) is 49.3 Å². The summed E-state index contributed by atoms with van der Waals surface area (Å²) in [6.07, 6.45) is 2.90. The van der Waals surface area contributed by atoms with Crippen LogP contribution in [-0.2, 0) is 6.42 Å². The van der Waals surface area contributed by atoms with Gasteiger partial charge in [-0.25, -0.2) is 0 Å². The van der Waals surface area contributed by atoms with E-state index < -0.39 is 0 Å². The normalized spacial score (nSPS) is 10.5. The number of ketones is 1. The number of halogens is 2. The number of pyridine rings is 1. The summed E-state index contributed by atoms with van der Waals surface area (Å²) in [6, 6.07) is 3.88. The number of carbonyl (C=O) groups is 1. The molecule has 2 aromatic heterocycles. The Labute approximate surface area is 120 Å². The van der Waals surface area contributed by atoms with Crippen LogP contribution in [0.5, 0.6) is 0 Å². The molecule has 0 N–H and O–H groups in total. The predicted molar refractivity (Wildman–Crippen MR) is 76.6 cm³/mol. The van der Waals surface area contributed by atoms with Crippen LogP contribution in [0.25, 0.3) is 0 Å². The average Bonchev–Trinajstić information content (AvgIpc) is 2.78. The zero-order chi connectivity index (χ0) is 12.3. The first-order valence-corrected chi connectivity index (χ1v) is 7.55. The van der Waals surface area contributed by atoms with E-state index in [0.29, 0.717) is 12.1 Å². The largest absolute Gasteiger partial charge is 0.292 e. The second-order valence-corrected chi connectivity index (χ2v) is 6.09. The molecule has 2 aromatic rings. The number of thiophene rings is 1. The van der Waals surface area contributed by atoms with Crippen LogP contribution >= 0.6 is 43.2 Å². The Kier molecular flexibility index (Phi) is 4.48. The number of hydrogen-bond acceptors (Lipinski definition) is 3. The standard InChI is InChI=1S/C12H9Br2NOS/c13-9-5-10(14)12(15-6-9)11(16)2-1-8-3-4-17-7-8/h3-7H,1-2H2. The van der Waals surface area contributed by atoms with E-state index in [1.807, 2.05) is 17.5 Å². The molecule has 0 spiro atoms. The molecule has 0 fully saturated rings. The van der Waals surface area contributed by atoms with Gasteiger partial charge in [0.2, 0.25) is 0 Å². The van der Waals surface area contributed by atoms with E-state index in [-0.39, 0.29) is 5.78 Å². The van der Waals surface area contributed by atoms with Crippen molar-refractivity contribution in [2.45, 2.75) is 12.8 Å². The average molecular weight is 375 g/mol. The summed E-state index contributed by atoms with van der Waals surface area (Å²) in [7, 11) is 0. The molecule has 2 heterocycles. The molecule has 0 aliphatic carbocycles. The molecule has 0 aliphatic rings. The first-order valence-electron chi connectivity index (χ1n) is 5.02. The summed E-state index contributed by atoms with van der Waals surface area (Å²) < 4.78 is 1.60. The van der Waals surface area contributed by atoms with Gasteiger partial charge < -0.3 is 0 Å². The van der Waals surface area contributed by atoms with Gasteiger partial charge in [0.1, 0.15) is 5.69 Å². The molecule has 0 amide bonds. The molecule has 0 unspecified atom stereocenters. The van der Waals surface area contributed by atoms with Crippen molar-refractivity contribution < 1.29 is 4.79 Å². The van der Waals surface area contributed by atoms with Crippen LogP contribution in [0.2, 0.25) is 0 Å². The van der Waals surface area contributed by atoms with Crippen LogP contribution in [-0.4, -0.2) is 10.8 Å². The molecular formula is C12H9Br2NOS. The van der Waals surface area contributed by atoms with Crippen LogP contribution in [0.3, 0.4) is 0 Å². The lowest BCUT2D eigenvalue weighted by Gasteiger charge is -2.02. The lowest BCUT2D eigenvalue weighted by atomic mass is 10.1. The molecule has 0 saturated carbocycles. The number of rotatable bonds is 4. The summed E-state index contributed by atoms with van der Waals surface area (Å²) in [4.78, 5) is 16.1. The third-order valence-corrected chi connectivity index (χ3v) is 4.06. The number of hydrogen-bond donors (Lipinski definition) is 0. The fourth-order valence-corrected chi connectivity index (χ4v) is 3.34. The lowest BCUT2D eigenvalue weighted by molar-refractivity contribution is 0.0977. The van der Waals surface area contributed by atoms with Crippen LogP contribution in [0.4, 0.5) is 0 Å². The molecule has 17 heavy (non-hydrogen) atoms. The molecule has 0 aliphatic heterocycles. The van der Waals surface area contributed by atoms with Crippen LogP contribution in [0.1, 0.15) is 22.5 Å². The topological polar surface area (TPSA) is 30.0 Å². The van der Waals surface area contributed by atoms with Gasteiger partial charge in [-0.2, -0.15) is 11.3 Å². The summed E-state index contributed by atoms with van der Waals surface area (Å²) in [5, 5.41) is 4.09. The van der Waals surface area contributed by atoms with Crippen molar-refractivity contribution in [2.24, 2.45) is 0 Å². The zero-order valence-corrected chi connectivity index (χ0v) is 12.8. The van der Waals surface area contributed by atoms with Gasteiger partial charge in [0.05, 0.1) is 0 Å². The van der Waals surface area contributed by atoms with Crippen molar-refractivity contribution in [1.82, 2.24) is 4.98 Å². The van der Waals surface area contributed by atoms with Crippen molar-refractivity contribution in [3.63, 3.8) is 0 Å². The zero-order valence-electron chi connectivity index (χ0n) is 8.82. The first-order chi connectivity index (χ1) is 8.16. The highest BCUT2D eigenvalue weighted by atomic mass is 79.9. The minimum absolute atomic E-state index is 0.0653. The maximum atomic E-state index is 12.0. The van der Waals surface area contributed by atoms with E-state index in [4.69, 9.17) is 0 Å². The van der Waals surface area contributed by atoms with Crippen molar-refractivity contribution in [3.8, 4) is 0 Å². The maximum Gasteiger partial charge on any atom is 0.182 e. The quantitative estimate of drug-likeness (QED) is 0.738. The minimum Gasteiger partial charge on any atom is -0.292 e. The number of nitrogens with zero attached hydrogens (tertiary/aromatic N) is 1. The van der Waals surface area contributed by atoms with Gasteiger partial charge >= 0.3 is 0 Å². The minimum atomic E-state index is 0.0653. The molecule has 2 nitrogen and oxygen atoms in total. The summed E-state index contributed by atoms with van der Waals surface area (Å²) in [5.41, 5.74) is 1.71. The molecule has 0 saturated heterocycles. The molecule has 2 rings (SSSR count). The summed E-state index contributed by atoms with van der Waals surface area (Å²) >= 11 is 8.32. The van der Waals surface area contributed by atoms with Crippen molar-refractivity contribution in [1.29, 1.82) is 0 Å². The fraction of sp³-hybridized carbons (Fsp3) is 0.167. The molecule has 0 aromatic carbocycles. The van der Waals surface area contributed by atoms with Gasteiger partial charge in [0.25, 0.3) is 0 Å². The van der Waals surface area contributed by atoms with E-state index in [0.717, 1.165) is 15.4 Å². The van der Waals surface area contributed by atoms with E-state index >= 15 is 0 Å². The van der Waals surface area contributed by atoms with Gasteiger partial charge in [0.15, 0.2) is 5.78 Å². The Morgan fingerprint density at radius 3 is 2.88 bits per heavy atom. The van der Waals surface area contributed by atoms with Gasteiger partial charge in [0, 0.05) is 21.6 Å². The Hall–Kier alpha value is -0.520. The van der Waals surface area contributed by atoms with Gasteiger partial charge in [-0.15, -0.1) is 0 Å². The van der Waals surface area contributed by atoms with Crippen molar-refractivity contribution in [2.75, 3.05) is 0 Å². The molecule has 0 bridgehead atoms. The highest BCUT2D eigenvalue weighted by molar-refractivity contribution is 9.11. The highest BCUT2D eigenvalue weighted by Crippen LogP contribution is 2.21. The monoisotopic (exact) mass is 373 g/mol. The number of aryl methyl sites for hydroxylation is 1. The summed E-state index contributed by atoms with van der Waals surface area (Å²) in [5.74, 6) is 0.0653. The number of aromatic nitrogens is 1. The summed E-state index contributed by atoms with van der Waals surface area (Å²) in [6.45, 7) is 0. The predicted octanol–water partition coefficient (Wildman–Crippen LogP) is 4.48. The molecule has 88 valence electrons. The third kappa shape index (κ3) is 3.47. The van der Waals surface area contributed by atoms with Gasteiger partial charge in [-0.05, 0) is 66.7 Å². The number of Topliss-reactive ketones (excluding diaryl/α,β-unsaturated/α-hetero) is 1. The second kappa shape index (κ2) is 5.89. The van der Waals surface area contributed by atoms with Crippen LogP contribution < -0.4 is 0 Å². The van der Waals surface area contributed by atoms with Crippen LogP contribution in [0.15, 0.2) is 38.0 Å². The maximum absolute atomic E-state index is 12.0. The third-order valence-electron chi connectivity index (χ3n) is 2.29. The molecule has 0 atom stereocenters. The van der Waals surface area contributed by atoms with E-state index in [9.17, 15) is 4.79 Å². The molecular weight excluding hydrogens is 366 g/mol. The highest BCUT2D eigenvalue weighted by Gasteiger charge is 2.12. The lowest BCUT2D eigenvalue weighted by Crippen LogP contribution is -2.04. The molecule has 0 radical (unpaired) electrons. The smallest absolute Gasteiger partial charge is 0.182 e. The molecule has 5 heteroatoms.